The summed E-state index contributed by atoms with van der Waals surface area (Å²) >= 11 is 0.977. The zero-order valence-electron chi connectivity index (χ0n) is 22.7. The van der Waals surface area contributed by atoms with Crippen LogP contribution >= 0.6 is 11.8 Å². The number of carbonyl (C=O) groups excluding carboxylic acids is 2. The number of carbonyl (C=O) groups is 2. The molecular weight excluding hydrogens is 575 g/mol. The van der Waals surface area contributed by atoms with Crippen molar-refractivity contribution in [1.29, 1.82) is 0 Å². The van der Waals surface area contributed by atoms with Crippen LogP contribution in [0.2, 0.25) is 0 Å². The highest BCUT2D eigenvalue weighted by molar-refractivity contribution is 7.99. The molecule has 2 N–H and O–H groups in total. The van der Waals surface area contributed by atoms with Gasteiger partial charge < -0.3 is 24.8 Å². The van der Waals surface area contributed by atoms with Crippen LogP contribution in [-0.2, 0) is 17.5 Å². The van der Waals surface area contributed by atoms with E-state index in [2.05, 4.69) is 20.8 Å². The summed E-state index contributed by atoms with van der Waals surface area (Å²) in [5.41, 5.74) is 0.0139. The number of halogens is 3. The van der Waals surface area contributed by atoms with Crippen LogP contribution in [0.3, 0.4) is 0 Å². The van der Waals surface area contributed by atoms with E-state index in [4.69, 9.17) is 14.2 Å². The van der Waals surface area contributed by atoms with Crippen LogP contribution in [0.1, 0.15) is 21.7 Å². The molecule has 0 atom stereocenters. The Hall–Kier alpha value is -4.72. The Labute approximate surface area is 243 Å². The number of nitrogens with one attached hydrogen (secondary N) is 2. The smallest absolute Gasteiger partial charge is 0.416 e. The maximum absolute atomic E-state index is 13.5. The van der Waals surface area contributed by atoms with Crippen LogP contribution in [0.25, 0.3) is 5.69 Å². The SMILES string of the molecule is COc1ccc(NC(=O)CSc2nnc(CNC(=O)c3cc(OC)cc(OC)c3)n2-c2cccc(C(F)(F)F)c2)cc1. The van der Waals surface area contributed by atoms with Crippen LogP contribution in [0.5, 0.6) is 17.2 Å². The summed E-state index contributed by atoms with van der Waals surface area (Å²) in [6.07, 6.45) is -4.59. The normalized spacial score (nSPS) is 11.1. The summed E-state index contributed by atoms with van der Waals surface area (Å²) in [5, 5.41) is 13.8. The van der Waals surface area contributed by atoms with Crippen molar-refractivity contribution in [3.05, 3.63) is 83.7 Å². The van der Waals surface area contributed by atoms with E-state index in [1.54, 1.807) is 30.3 Å². The van der Waals surface area contributed by atoms with Gasteiger partial charge in [0, 0.05) is 17.3 Å². The summed E-state index contributed by atoms with van der Waals surface area (Å²) < 4.78 is 57.4. The number of amides is 2. The second-order valence-corrected chi connectivity index (χ2v) is 9.57. The number of methoxy groups -OCH3 is 3. The molecule has 0 aliphatic heterocycles. The topological polar surface area (TPSA) is 117 Å². The van der Waals surface area contributed by atoms with E-state index in [-0.39, 0.29) is 40.4 Å². The lowest BCUT2D eigenvalue weighted by Crippen LogP contribution is -2.25. The molecule has 0 radical (unpaired) electrons. The fourth-order valence-corrected chi connectivity index (χ4v) is 4.56. The van der Waals surface area contributed by atoms with Crippen molar-refractivity contribution in [3.8, 4) is 22.9 Å². The predicted molar refractivity (Wildman–Crippen MR) is 149 cm³/mol. The Morgan fingerprint density at radius 3 is 2.17 bits per heavy atom. The molecule has 4 aromatic rings. The number of ether oxygens (including phenoxy) is 3. The summed E-state index contributed by atoms with van der Waals surface area (Å²) in [4.78, 5) is 25.5. The largest absolute Gasteiger partial charge is 0.497 e. The molecule has 0 saturated heterocycles. The summed E-state index contributed by atoms with van der Waals surface area (Å²) in [7, 11) is 4.43. The second kappa shape index (κ2) is 13.3. The van der Waals surface area contributed by atoms with Crippen LogP contribution in [-0.4, -0.2) is 53.7 Å². The van der Waals surface area contributed by atoms with E-state index in [0.29, 0.717) is 22.9 Å². The fraction of sp³-hybridized carbons (Fsp3) is 0.214. The maximum atomic E-state index is 13.5. The number of alkyl halides is 3. The molecule has 1 heterocycles. The summed E-state index contributed by atoms with van der Waals surface area (Å²) in [6, 6.07) is 16.0. The number of hydrogen-bond acceptors (Lipinski definition) is 8. The van der Waals surface area contributed by atoms with Crippen LogP contribution in [0, 0.1) is 0 Å². The lowest BCUT2D eigenvalue weighted by Gasteiger charge is -2.14. The highest BCUT2D eigenvalue weighted by Crippen LogP contribution is 2.32. The van der Waals surface area contributed by atoms with Gasteiger partial charge in [-0.1, -0.05) is 17.8 Å². The number of hydrogen-bond donors (Lipinski definition) is 2. The van der Waals surface area contributed by atoms with E-state index in [0.717, 1.165) is 23.9 Å². The third-order valence-electron chi connectivity index (χ3n) is 5.86. The molecule has 0 aliphatic rings. The van der Waals surface area contributed by atoms with Gasteiger partial charge in [0.15, 0.2) is 11.0 Å². The molecule has 220 valence electrons. The molecule has 1 aromatic heterocycles. The molecule has 0 unspecified atom stereocenters. The molecule has 0 saturated carbocycles. The Bertz CT molecular complexity index is 1540. The zero-order valence-corrected chi connectivity index (χ0v) is 23.5. The minimum Gasteiger partial charge on any atom is -0.497 e. The van der Waals surface area contributed by atoms with Gasteiger partial charge in [0.1, 0.15) is 17.2 Å². The minimum absolute atomic E-state index is 0.111. The van der Waals surface area contributed by atoms with Gasteiger partial charge in [-0.2, -0.15) is 13.2 Å². The molecule has 14 heteroatoms. The van der Waals surface area contributed by atoms with Crippen molar-refractivity contribution < 1.29 is 37.0 Å². The number of anilines is 1. The lowest BCUT2D eigenvalue weighted by molar-refractivity contribution is -0.137. The van der Waals surface area contributed by atoms with Gasteiger partial charge in [-0.3, -0.25) is 14.2 Å². The van der Waals surface area contributed by atoms with Gasteiger partial charge in [0.2, 0.25) is 5.91 Å². The number of aromatic nitrogens is 3. The Balaban J connectivity index is 1.57. The van der Waals surface area contributed by atoms with E-state index in [1.165, 1.54) is 50.2 Å². The third-order valence-corrected chi connectivity index (χ3v) is 6.79. The maximum Gasteiger partial charge on any atom is 0.416 e. The van der Waals surface area contributed by atoms with Crippen molar-refractivity contribution in [1.82, 2.24) is 20.1 Å². The fourth-order valence-electron chi connectivity index (χ4n) is 3.79. The van der Waals surface area contributed by atoms with Crippen molar-refractivity contribution in [2.75, 3.05) is 32.4 Å². The van der Waals surface area contributed by atoms with Crippen molar-refractivity contribution in [2.45, 2.75) is 17.9 Å². The Kier molecular flexibility index (Phi) is 9.57. The average molecular weight is 602 g/mol. The van der Waals surface area contributed by atoms with Crippen LogP contribution in [0.4, 0.5) is 18.9 Å². The van der Waals surface area contributed by atoms with E-state index >= 15 is 0 Å². The van der Waals surface area contributed by atoms with Gasteiger partial charge >= 0.3 is 6.18 Å². The third kappa shape index (κ3) is 7.51. The van der Waals surface area contributed by atoms with Gasteiger partial charge in [-0.25, -0.2) is 0 Å². The first kappa shape index (κ1) is 30.2. The second-order valence-electron chi connectivity index (χ2n) is 8.63. The van der Waals surface area contributed by atoms with Crippen molar-refractivity contribution in [3.63, 3.8) is 0 Å². The zero-order chi connectivity index (χ0) is 30.3. The molecule has 42 heavy (non-hydrogen) atoms. The minimum atomic E-state index is -4.59. The molecule has 0 bridgehead atoms. The van der Waals surface area contributed by atoms with E-state index < -0.39 is 17.6 Å². The lowest BCUT2D eigenvalue weighted by atomic mass is 10.2. The Morgan fingerprint density at radius 1 is 0.881 bits per heavy atom. The number of rotatable bonds is 11. The molecule has 0 aliphatic carbocycles. The standard InChI is InChI=1S/C28H26F3N5O5S/c1-39-21-9-7-19(8-10-21)33-25(37)16-42-27-35-34-24(36(27)20-6-4-5-18(13-20)28(29,30)31)15-32-26(38)17-11-22(40-2)14-23(12-17)41-3/h4-14H,15-16H2,1-3H3,(H,32,38)(H,33,37). The van der Waals surface area contributed by atoms with E-state index in [1.807, 2.05) is 0 Å². The highest BCUT2D eigenvalue weighted by atomic mass is 32.2. The van der Waals surface area contributed by atoms with Crippen LogP contribution < -0.4 is 24.8 Å². The van der Waals surface area contributed by atoms with Gasteiger partial charge in [-0.15, -0.1) is 10.2 Å². The van der Waals surface area contributed by atoms with Gasteiger partial charge in [0.25, 0.3) is 5.91 Å². The number of thioether (sulfide) groups is 1. The van der Waals surface area contributed by atoms with Gasteiger partial charge in [-0.05, 0) is 54.6 Å². The predicted octanol–water partition coefficient (Wildman–Crippen LogP) is 4.97. The van der Waals surface area contributed by atoms with Crippen molar-refractivity contribution in [2.24, 2.45) is 0 Å². The number of nitrogens with zero attached hydrogens (tertiary/aromatic N) is 3. The van der Waals surface area contributed by atoms with Gasteiger partial charge in [0.05, 0.1) is 44.9 Å². The molecule has 0 spiro atoms. The molecule has 2 amide bonds. The first-order valence-electron chi connectivity index (χ1n) is 12.3. The van der Waals surface area contributed by atoms with E-state index in [9.17, 15) is 22.8 Å². The Morgan fingerprint density at radius 2 is 1.55 bits per heavy atom. The molecule has 3 aromatic carbocycles. The molecule has 4 rings (SSSR count). The average Bonchev–Trinajstić information content (AvgIpc) is 3.41. The highest BCUT2D eigenvalue weighted by Gasteiger charge is 2.31. The molecule has 0 fully saturated rings. The van der Waals surface area contributed by atoms with Crippen LogP contribution in [0.15, 0.2) is 71.9 Å². The number of benzene rings is 3. The van der Waals surface area contributed by atoms with Crippen molar-refractivity contribution >= 4 is 29.3 Å². The molecule has 10 nitrogen and oxygen atoms in total. The summed E-state index contributed by atoms with van der Waals surface area (Å²) in [6.45, 7) is -0.180. The quantitative estimate of drug-likeness (QED) is 0.232. The monoisotopic (exact) mass is 601 g/mol. The first-order chi connectivity index (χ1) is 20.1. The molecular formula is C28H26F3N5O5S. The first-order valence-corrected chi connectivity index (χ1v) is 13.3. The summed E-state index contributed by atoms with van der Waals surface area (Å²) in [5.74, 6) is 0.595.